The van der Waals surface area contributed by atoms with Crippen molar-refractivity contribution in [3.05, 3.63) is 29.8 Å². The molecule has 1 aliphatic rings. The maximum atomic E-state index is 12.0. The van der Waals surface area contributed by atoms with Gasteiger partial charge in [0, 0.05) is 18.7 Å². The standard InChI is InChI=1S/C11H12F2N2O2/c12-11(13)17-9-3-1-2-7(4-9)10(16)15-8-5-14-6-8/h1-4,8,11,14H,5-6H2,(H,15,16). The third-order valence-corrected chi connectivity index (χ3v) is 2.44. The van der Waals surface area contributed by atoms with Crippen LogP contribution < -0.4 is 15.4 Å². The molecule has 1 aliphatic heterocycles. The summed E-state index contributed by atoms with van der Waals surface area (Å²) in [6.07, 6.45) is 0. The Balaban J connectivity index is 2.01. The molecule has 0 spiro atoms. The van der Waals surface area contributed by atoms with Crippen molar-refractivity contribution >= 4 is 5.91 Å². The molecule has 1 aromatic rings. The Bertz CT molecular complexity index is 408. The van der Waals surface area contributed by atoms with Gasteiger partial charge in [0.1, 0.15) is 5.75 Å². The molecule has 1 aromatic carbocycles. The molecule has 6 heteroatoms. The maximum Gasteiger partial charge on any atom is 0.387 e. The average Bonchev–Trinajstić information content (AvgIpc) is 2.22. The van der Waals surface area contributed by atoms with Crippen molar-refractivity contribution in [1.29, 1.82) is 0 Å². The van der Waals surface area contributed by atoms with Gasteiger partial charge in [-0.25, -0.2) is 0 Å². The van der Waals surface area contributed by atoms with Crippen molar-refractivity contribution in [2.24, 2.45) is 0 Å². The van der Waals surface area contributed by atoms with Crippen molar-refractivity contribution in [3.8, 4) is 5.75 Å². The molecule has 0 bridgehead atoms. The van der Waals surface area contributed by atoms with Gasteiger partial charge in [0.25, 0.3) is 5.91 Å². The van der Waals surface area contributed by atoms with Crippen molar-refractivity contribution in [2.45, 2.75) is 12.7 Å². The third-order valence-electron chi connectivity index (χ3n) is 2.44. The van der Waals surface area contributed by atoms with Gasteiger partial charge in [-0.3, -0.25) is 4.79 Å². The van der Waals surface area contributed by atoms with E-state index in [1.165, 1.54) is 18.2 Å². The monoisotopic (exact) mass is 242 g/mol. The SMILES string of the molecule is O=C(NC1CNC1)c1cccc(OC(F)F)c1. The van der Waals surface area contributed by atoms with Gasteiger partial charge in [-0.2, -0.15) is 8.78 Å². The number of carbonyl (C=O) groups is 1. The first-order valence-corrected chi connectivity index (χ1v) is 5.21. The summed E-state index contributed by atoms with van der Waals surface area (Å²) >= 11 is 0. The maximum absolute atomic E-state index is 12.0. The molecule has 1 fully saturated rings. The Hall–Kier alpha value is -1.69. The Morgan fingerprint density at radius 1 is 1.47 bits per heavy atom. The Morgan fingerprint density at radius 2 is 2.24 bits per heavy atom. The lowest BCUT2D eigenvalue weighted by molar-refractivity contribution is -0.0498. The number of hydrogen-bond donors (Lipinski definition) is 2. The topological polar surface area (TPSA) is 50.4 Å². The number of carbonyl (C=O) groups excluding carboxylic acids is 1. The minimum atomic E-state index is -2.89. The first-order chi connectivity index (χ1) is 8.15. The Morgan fingerprint density at radius 3 is 2.82 bits per heavy atom. The second kappa shape index (κ2) is 5.09. The lowest BCUT2D eigenvalue weighted by atomic mass is 10.1. The van der Waals surface area contributed by atoms with Crippen LogP contribution in [0.5, 0.6) is 5.75 Å². The number of ether oxygens (including phenoxy) is 1. The molecule has 1 heterocycles. The molecular formula is C11H12F2N2O2. The number of hydrogen-bond acceptors (Lipinski definition) is 3. The van der Waals surface area contributed by atoms with Gasteiger partial charge in [0.05, 0.1) is 6.04 Å². The molecular weight excluding hydrogens is 230 g/mol. The third kappa shape index (κ3) is 3.13. The first kappa shape index (κ1) is 11.8. The van der Waals surface area contributed by atoms with Gasteiger partial charge in [0.15, 0.2) is 0 Å². The molecule has 0 radical (unpaired) electrons. The summed E-state index contributed by atoms with van der Waals surface area (Å²) in [6.45, 7) is -1.41. The minimum absolute atomic E-state index is 0.0145. The number of alkyl halides is 2. The second-order valence-corrected chi connectivity index (χ2v) is 3.73. The van der Waals surface area contributed by atoms with Crippen LogP contribution >= 0.6 is 0 Å². The fraction of sp³-hybridized carbons (Fsp3) is 0.364. The fourth-order valence-electron chi connectivity index (χ4n) is 1.47. The van der Waals surface area contributed by atoms with E-state index in [2.05, 4.69) is 15.4 Å². The van der Waals surface area contributed by atoms with Gasteiger partial charge in [0.2, 0.25) is 0 Å². The first-order valence-electron chi connectivity index (χ1n) is 5.21. The number of rotatable bonds is 4. The number of halogens is 2. The van der Waals surface area contributed by atoms with E-state index < -0.39 is 6.61 Å². The van der Waals surface area contributed by atoms with Gasteiger partial charge in [-0.15, -0.1) is 0 Å². The van der Waals surface area contributed by atoms with Crippen molar-refractivity contribution < 1.29 is 18.3 Å². The van der Waals surface area contributed by atoms with E-state index in [9.17, 15) is 13.6 Å². The quantitative estimate of drug-likeness (QED) is 0.827. The summed E-state index contributed by atoms with van der Waals surface area (Å²) in [4.78, 5) is 11.7. The van der Waals surface area contributed by atoms with Crippen LogP contribution in [0.25, 0.3) is 0 Å². The molecule has 0 atom stereocenters. The van der Waals surface area contributed by atoms with Gasteiger partial charge < -0.3 is 15.4 Å². The van der Waals surface area contributed by atoms with Crippen LogP contribution in [0.1, 0.15) is 10.4 Å². The number of benzene rings is 1. The number of nitrogens with one attached hydrogen (secondary N) is 2. The second-order valence-electron chi connectivity index (χ2n) is 3.73. The van der Waals surface area contributed by atoms with E-state index in [0.29, 0.717) is 5.56 Å². The molecule has 2 N–H and O–H groups in total. The zero-order chi connectivity index (χ0) is 12.3. The highest BCUT2D eigenvalue weighted by atomic mass is 19.3. The molecule has 92 valence electrons. The molecule has 4 nitrogen and oxygen atoms in total. The summed E-state index contributed by atoms with van der Waals surface area (Å²) in [5, 5.41) is 5.79. The molecule has 0 saturated carbocycles. The van der Waals surface area contributed by atoms with Gasteiger partial charge in [-0.1, -0.05) is 6.07 Å². The van der Waals surface area contributed by atoms with E-state index in [4.69, 9.17) is 0 Å². The number of amides is 1. The van der Waals surface area contributed by atoms with Crippen molar-refractivity contribution in [3.63, 3.8) is 0 Å². The van der Waals surface area contributed by atoms with Crippen LogP contribution in [-0.2, 0) is 0 Å². The molecule has 17 heavy (non-hydrogen) atoms. The highest BCUT2D eigenvalue weighted by molar-refractivity contribution is 5.94. The summed E-state index contributed by atoms with van der Waals surface area (Å²) in [7, 11) is 0. The van der Waals surface area contributed by atoms with Crippen LogP contribution in [0.2, 0.25) is 0 Å². The van der Waals surface area contributed by atoms with E-state index >= 15 is 0 Å². The predicted molar refractivity (Wildman–Crippen MR) is 57.2 cm³/mol. The van der Waals surface area contributed by atoms with Crippen LogP contribution in [0.15, 0.2) is 24.3 Å². The zero-order valence-electron chi connectivity index (χ0n) is 8.95. The zero-order valence-corrected chi connectivity index (χ0v) is 8.95. The molecule has 2 rings (SSSR count). The van der Waals surface area contributed by atoms with Crippen LogP contribution in [0.4, 0.5) is 8.78 Å². The van der Waals surface area contributed by atoms with Crippen molar-refractivity contribution in [2.75, 3.05) is 13.1 Å². The van der Waals surface area contributed by atoms with E-state index in [1.807, 2.05) is 0 Å². The molecule has 1 saturated heterocycles. The smallest absolute Gasteiger partial charge is 0.387 e. The van der Waals surface area contributed by atoms with Crippen molar-refractivity contribution in [1.82, 2.24) is 10.6 Å². The predicted octanol–water partition coefficient (Wildman–Crippen LogP) is 0.990. The van der Waals surface area contributed by atoms with E-state index in [1.54, 1.807) is 6.07 Å². The highest BCUT2D eigenvalue weighted by Crippen LogP contribution is 2.16. The lowest BCUT2D eigenvalue weighted by Crippen LogP contribution is -2.56. The molecule has 0 aliphatic carbocycles. The van der Waals surface area contributed by atoms with E-state index in [0.717, 1.165) is 13.1 Å². The van der Waals surface area contributed by atoms with Crippen LogP contribution in [0.3, 0.4) is 0 Å². The molecule has 0 unspecified atom stereocenters. The minimum Gasteiger partial charge on any atom is -0.435 e. The normalized spacial score (nSPS) is 15.5. The van der Waals surface area contributed by atoms with Gasteiger partial charge in [-0.05, 0) is 18.2 Å². The highest BCUT2D eigenvalue weighted by Gasteiger charge is 2.19. The Kier molecular flexibility index (Phi) is 3.53. The summed E-state index contributed by atoms with van der Waals surface area (Å²) in [5.74, 6) is -0.296. The van der Waals surface area contributed by atoms with Crippen LogP contribution in [-0.4, -0.2) is 31.7 Å². The lowest BCUT2D eigenvalue weighted by Gasteiger charge is -2.27. The largest absolute Gasteiger partial charge is 0.435 e. The summed E-state index contributed by atoms with van der Waals surface area (Å²) in [5.41, 5.74) is 0.315. The van der Waals surface area contributed by atoms with Crippen LogP contribution in [0, 0.1) is 0 Å². The van der Waals surface area contributed by atoms with Gasteiger partial charge >= 0.3 is 6.61 Å². The summed E-state index contributed by atoms with van der Waals surface area (Å²) in [6, 6.07) is 5.86. The van der Waals surface area contributed by atoms with E-state index in [-0.39, 0.29) is 17.7 Å². The average molecular weight is 242 g/mol. The summed E-state index contributed by atoms with van der Waals surface area (Å²) < 4.78 is 28.2. The Labute approximate surface area is 97.0 Å². The molecule has 0 aromatic heterocycles. The molecule has 1 amide bonds. The fourth-order valence-corrected chi connectivity index (χ4v) is 1.47.